The maximum atomic E-state index is 6.21. The number of benzene rings is 1. The molecule has 2 aromatic heterocycles. The monoisotopic (exact) mass is 337 g/mol. The molecule has 0 aliphatic heterocycles. The van der Waals surface area contributed by atoms with Gasteiger partial charge in [0.05, 0.1) is 10.0 Å². The fourth-order valence-corrected chi connectivity index (χ4v) is 3.27. The van der Waals surface area contributed by atoms with Gasteiger partial charge >= 0.3 is 0 Å². The Morgan fingerprint density at radius 2 is 1.90 bits per heavy atom. The highest BCUT2D eigenvalue weighted by molar-refractivity contribution is 7.17. The number of halogens is 2. The number of hydrogen-bond donors (Lipinski definition) is 2. The van der Waals surface area contributed by atoms with Crippen LogP contribution >= 0.6 is 34.5 Å². The molecular weight excluding hydrogens is 325 g/mol. The number of pyridine rings is 1. The van der Waals surface area contributed by atoms with Crippen LogP contribution in [0, 0.1) is 0 Å². The molecule has 0 unspecified atom stereocenters. The summed E-state index contributed by atoms with van der Waals surface area (Å²) in [4.78, 5) is 4.44. The van der Waals surface area contributed by atoms with Crippen molar-refractivity contribution in [3.8, 4) is 0 Å². The fourth-order valence-electron chi connectivity index (χ4n) is 2.03. The Balaban J connectivity index is 1.94. The van der Waals surface area contributed by atoms with E-state index in [0.717, 1.165) is 12.2 Å². The number of hydrogen-bond acceptors (Lipinski definition) is 4. The van der Waals surface area contributed by atoms with Crippen LogP contribution in [-0.4, -0.2) is 11.5 Å². The number of anilines is 3. The minimum Gasteiger partial charge on any atom is -0.369 e. The van der Waals surface area contributed by atoms with Crippen LogP contribution in [0.2, 0.25) is 10.0 Å². The van der Waals surface area contributed by atoms with Crippen molar-refractivity contribution in [3.05, 3.63) is 45.8 Å². The van der Waals surface area contributed by atoms with E-state index in [1.165, 1.54) is 10.1 Å². The summed E-state index contributed by atoms with van der Waals surface area (Å²) in [7, 11) is 0. The molecule has 0 spiro atoms. The third kappa shape index (κ3) is 3.07. The first-order valence-corrected chi connectivity index (χ1v) is 8.15. The summed E-state index contributed by atoms with van der Waals surface area (Å²) in [6, 6.07) is 9.95. The Bertz CT molecular complexity index is 786. The third-order valence-corrected chi connectivity index (χ3v) is 4.46. The maximum Gasteiger partial charge on any atom is 0.151 e. The van der Waals surface area contributed by atoms with E-state index in [-0.39, 0.29) is 0 Å². The zero-order chi connectivity index (χ0) is 14.8. The number of aromatic nitrogens is 1. The van der Waals surface area contributed by atoms with Crippen molar-refractivity contribution in [2.45, 2.75) is 6.92 Å². The highest BCUT2D eigenvalue weighted by Crippen LogP contribution is 2.32. The Labute approximate surface area is 136 Å². The van der Waals surface area contributed by atoms with Gasteiger partial charge in [0.1, 0.15) is 5.82 Å². The van der Waals surface area contributed by atoms with Crippen LogP contribution in [0.3, 0.4) is 0 Å². The molecule has 108 valence electrons. The summed E-state index contributed by atoms with van der Waals surface area (Å²) in [5.41, 5.74) is 0.945. The first-order chi connectivity index (χ1) is 10.2. The van der Waals surface area contributed by atoms with E-state index in [0.29, 0.717) is 21.7 Å². The second-order valence-electron chi connectivity index (χ2n) is 4.48. The molecule has 2 N–H and O–H groups in total. The van der Waals surface area contributed by atoms with E-state index in [1.54, 1.807) is 17.4 Å². The number of nitrogens with one attached hydrogen (secondary N) is 2. The number of nitrogens with zero attached hydrogens (tertiary/aromatic N) is 1. The van der Waals surface area contributed by atoms with Crippen molar-refractivity contribution in [1.29, 1.82) is 0 Å². The van der Waals surface area contributed by atoms with Crippen molar-refractivity contribution in [2.24, 2.45) is 0 Å². The van der Waals surface area contributed by atoms with Gasteiger partial charge in [0.15, 0.2) is 5.82 Å². The van der Waals surface area contributed by atoms with E-state index < -0.39 is 0 Å². The van der Waals surface area contributed by atoms with E-state index in [4.69, 9.17) is 23.2 Å². The fraction of sp³-hybridized carbons (Fsp3) is 0.133. The summed E-state index contributed by atoms with van der Waals surface area (Å²) in [5.74, 6) is 1.22. The van der Waals surface area contributed by atoms with Gasteiger partial charge in [-0.3, -0.25) is 0 Å². The van der Waals surface area contributed by atoms with Gasteiger partial charge in [-0.25, -0.2) is 4.98 Å². The van der Waals surface area contributed by atoms with Gasteiger partial charge in [-0.15, -0.1) is 11.3 Å². The second kappa shape index (κ2) is 6.10. The van der Waals surface area contributed by atoms with Gasteiger partial charge in [0, 0.05) is 16.9 Å². The maximum absolute atomic E-state index is 6.21. The molecule has 0 bridgehead atoms. The number of fused-ring (bicyclic) bond motifs is 1. The van der Waals surface area contributed by atoms with Gasteiger partial charge < -0.3 is 10.6 Å². The lowest BCUT2D eigenvalue weighted by Gasteiger charge is -2.11. The van der Waals surface area contributed by atoms with Crippen LogP contribution in [-0.2, 0) is 0 Å². The predicted molar refractivity (Wildman–Crippen MR) is 93.5 cm³/mol. The smallest absolute Gasteiger partial charge is 0.151 e. The zero-order valence-corrected chi connectivity index (χ0v) is 13.6. The number of thiophene rings is 1. The Morgan fingerprint density at radius 1 is 1.10 bits per heavy atom. The molecule has 3 nitrogen and oxygen atoms in total. The molecule has 0 fully saturated rings. The average molecular weight is 338 g/mol. The molecule has 6 heteroatoms. The van der Waals surface area contributed by atoms with Crippen molar-refractivity contribution >= 4 is 61.9 Å². The third-order valence-electron chi connectivity index (χ3n) is 2.99. The molecule has 0 saturated carbocycles. The molecule has 0 amide bonds. The molecule has 2 heterocycles. The van der Waals surface area contributed by atoms with E-state index in [2.05, 4.69) is 39.2 Å². The summed E-state index contributed by atoms with van der Waals surface area (Å²) in [6.45, 7) is 2.73. The summed E-state index contributed by atoms with van der Waals surface area (Å²) < 4.78 is 1.25. The highest BCUT2D eigenvalue weighted by Gasteiger charge is 2.09. The molecular formula is C15H13Cl2N3S. The van der Waals surface area contributed by atoms with Crippen molar-refractivity contribution in [3.63, 3.8) is 0 Å². The van der Waals surface area contributed by atoms with Crippen molar-refractivity contribution in [1.82, 2.24) is 4.98 Å². The minimum atomic E-state index is 0.493. The van der Waals surface area contributed by atoms with Gasteiger partial charge in [-0.05, 0) is 48.0 Å². The van der Waals surface area contributed by atoms with Crippen LogP contribution in [0.25, 0.3) is 10.1 Å². The lowest BCUT2D eigenvalue weighted by atomic mass is 10.2. The highest BCUT2D eigenvalue weighted by atomic mass is 35.5. The lowest BCUT2D eigenvalue weighted by Crippen LogP contribution is -2.03. The Morgan fingerprint density at radius 3 is 2.71 bits per heavy atom. The topological polar surface area (TPSA) is 37.0 Å². The first-order valence-electron chi connectivity index (χ1n) is 6.51. The van der Waals surface area contributed by atoms with E-state index >= 15 is 0 Å². The molecule has 0 aliphatic carbocycles. The molecule has 1 aromatic carbocycles. The zero-order valence-electron chi connectivity index (χ0n) is 11.3. The van der Waals surface area contributed by atoms with Crippen LogP contribution in [0.4, 0.5) is 17.3 Å². The normalized spacial score (nSPS) is 10.8. The van der Waals surface area contributed by atoms with Crippen LogP contribution in [0.15, 0.2) is 35.7 Å². The van der Waals surface area contributed by atoms with Crippen LogP contribution in [0.5, 0.6) is 0 Å². The molecule has 3 aromatic rings. The minimum absolute atomic E-state index is 0.493. The summed E-state index contributed by atoms with van der Waals surface area (Å²) in [6.07, 6.45) is 0. The second-order valence-corrected chi connectivity index (χ2v) is 6.24. The molecule has 0 aliphatic rings. The molecule has 21 heavy (non-hydrogen) atoms. The van der Waals surface area contributed by atoms with Gasteiger partial charge in [-0.2, -0.15) is 0 Å². The first kappa shape index (κ1) is 14.4. The Hall–Kier alpha value is -1.49. The lowest BCUT2D eigenvalue weighted by molar-refractivity contribution is 1.16. The van der Waals surface area contributed by atoms with Gasteiger partial charge in [-0.1, -0.05) is 23.2 Å². The molecule has 0 saturated heterocycles. The Kier molecular flexibility index (Phi) is 4.19. The van der Waals surface area contributed by atoms with Crippen molar-refractivity contribution in [2.75, 3.05) is 17.2 Å². The average Bonchev–Trinajstić information content (AvgIpc) is 2.92. The largest absolute Gasteiger partial charge is 0.369 e. The summed E-state index contributed by atoms with van der Waals surface area (Å²) >= 11 is 14.0. The van der Waals surface area contributed by atoms with Crippen LogP contribution in [0.1, 0.15) is 6.92 Å². The van der Waals surface area contributed by atoms with Crippen LogP contribution < -0.4 is 10.6 Å². The number of rotatable bonds is 4. The standard InChI is InChI=1S/C15H13Cl2N3S/c1-2-18-14-11(16)8-12(17)15(20-14)19-10-3-4-13-9(7-10)5-6-21-13/h3-8H,2H2,1H3,(H2,18,19,20). The summed E-state index contributed by atoms with van der Waals surface area (Å²) in [5, 5.41) is 10.6. The van der Waals surface area contributed by atoms with Crippen molar-refractivity contribution < 1.29 is 0 Å². The SMILES string of the molecule is CCNc1nc(Nc2ccc3sccc3c2)c(Cl)cc1Cl. The molecule has 0 radical (unpaired) electrons. The predicted octanol–water partition coefficient (Wildman–Crippen LogP) is 5.78. The van der Waals surface area contributed by atoms with Gasteiger partial charge in [0.2, 0.25) is 0 Å². The quantitative estimate of drug-likeness (QED) is 0.633. The van der Waals surface area contributed by atoms with E-state index in [1.807, 2.05) is 13.0 Å². The van der Waals surface area contributed by atoms with E-state index in [9.17, 15) is 0 Å². The van der Waals surface area contributed by atoms with Gasteiger partial charge in [0.25, 0.3) is 0 Å². The molecule has 3 rings (SSSR count). The molecule has 0 atom stereocenters.